The molecule has 0 bridgehead atoms. The lowest BCUT2D eigenvalue weighted by Gasteiger charge is -2.31. The van der Waals surface area contributed by atoms with Gasteiger partial charge in [-0.3, -0.25) is 14.9 Å². The highest BCUT2D eigenvalue weighted by atomic mass is 35.5. The molecule has 1 aliphatic rings. The summed E-state index contributed by atoms with van der Waals surface area (Å²) in [4.78, 5) is 24.1. The van der Waals surface area contributed by atoms with Crippen LogP contribution in [-0.4, -0.2) is 34.7 Å². The highest BCUT2D eigenvalue weighted by Crippen LogP contribution is 2.24. The van der Waals surface area contributed by atoms with Crippen molar-refractivity contribution in [3.05, 3.63) is 39.7 Å². The molecule has 7 heteroatoms. The van der Waals surface area contributed by atoms with E-state index in [1.54, 1.807) is 0 Å². The fourth-order valence-corrected chi connectivity index (χ4v) is 2.64. The fraction of sp³-hybridized carbons (Fsp3) is 0.462. The molecule has 0 radical (unpaired) electrons. The number of nitro groups is 1. The number of rotatable bonds is 3. The van der Waals surface area contributed by atoms with E-state index in [9.17, 15) is 19.3 Å². The first-order valence-electron chi connectivity index (χ1n) is 6.32. The average molecular weight is 301 g/mol. The molecular weight excluding hydrogens is 287 g/mol. The van der Waals surface area contributed by atoms with Gasteiger partial charge in [0.25, 0.3) is 11.6 Å². The normalized spacial score (nSPS) is 18.9. The second-order valence-electron chi connectivity index (χ2n) is 4.83. The van der Waals surface area contributed by atoms with Crippen LogP contribution in [0.25, 0.3) is 0 Å². The quantitative estimate of drug-likeness (QED) is 0.490. The minimum absolute atomic E-state index is 0.182. The van der Waals surface area contributed by atoms with Gasteiger partial charge in [-0.2, -0.15) is 0 Å². The number of piperidine rings is 1. The molecule has 5 nitrogen and oxygen atoms in total. The summed E-state index contributed by atoms with van der Waals surface area (Å²) in [6.45, 7) is 0.968. The van der Waals surface area contributed by atoms with E-state index in [1.165, 1.54) is 4.90 Å². The van der Waals surface area contributed by atoms with Crippen LogP contribution in [0.4, 0.5) is 10.1 Å². The Kier molecular flexibility index (Phi) is 4.54. The smallest absolute Gasteiger partial charge is 0.282 e. The number of carbonyl (C=O) groups is 1. The summed E-state index contributed by atoms with van der Waals surface area (Å²) >= 11 is 5.80. The summed E-state index contributed by atoms with van der Waals surface area (Å²) in [6.07, 6.45) is 1.73. The molecule has 0 spiro atoms. The second kappa shape index (κ2) is 6.17. The number of alkyl halides is 1. The molecule has 0 N–H and O–H groups in total. The van der Waals surface area contributed by atoms with Gasteiger partial charge in [0.15, 0.2) is 0 Å². The lowest BCUT2D eigenvalue weighted by Crippen LogP contribution is -2.40. The van der Waals surface area contributed by atoms with Crippen LogP contribution in [0.3, 0.4) is 0 Å². The average Bonchev–Trinajstić information content (AvgIpc) is 2.46. The number of hydrogen-bond donors (Lipinski definition) is 0. The largest absolute Gasteiger partial charge is 0.338 e. The van der Waals surface area contributed by atoms with Crippen molar-refractivity contribution >= 4 is 23.2 Å². The molecule has 2 rings (SSSR count). The van der Waals surface area contributed by atoms with Crippen molar-refractivity contribution in [2.24, 2.45) is 5.92 Å². The minimum atomic E-state index is -0.671. The first-order valence-corrected chi connectivity index (χ1v) is 6.85. The van der Waals surface area contributed by atoms with Crippen molar-refractivity contribution in [2.75, 3.05) is 19.0 Å². The molecule has 108 valence electrons. The van der Waals surface area contributed by atoms with Crippen LogP contribution in [0.1, 0.15) is 23.2 Å². The summed E-state index contributed by atoms with van der Waals surface area (Å²) in [5, 5.41) is 10.9. The van der Waals surface area contributed by atoms with Gasteiger partial charge in [-0.15, -0.1) is 11.6 Å². The SMILES string of the molecule is O=C(c1cc(F)ccc1[N+](=O)[O-])N1CCCC(CCl)C1. The van der Waals surface area contributed by atoms with Crippen molar-refractivity contribution in [1.29, 1.82) is 0 Å². The number of amides is 1. The highest BCUT2D eigenvalue weighted by Gasteiger charge is 2.28. The van der Waals surface area contributed by atoms with Crippen LogP contribution in [0, 0.1) is 21.8 Å². The standard InChI is InChI=1S/C13H14ClFN2O3/c14-7-9-2-1-5-16(8-9)13(18)11-6-10(15)3-4-12(11)17(19)20/h3-4,6,9H,1-2,5,7-8H2. The molecule has 1 atom stereocenters. The number of nitro benzene ring substituents is 1. The Labute approximate surface area is 120 Å². The third-order valence-electron chi connectivity index (χ3n) is 3.41. The molecule has 0 aromatic heterocycles. The van der Waals surface area contributed by atoms with E-state index in [0.717, 1.165) is 31.0 Å². The predicted molar refractivity (Wildman–Crippen MR) is 72.4 cm³/mol. The van der Waals surface area contributed by atoms with Crippen LogP contribution in [0.15, 0.2) is 18.2 Å². The maximum atomic E-state index is 13.3. The highest BCUT2D eigenvalue weighted by molar-refractivity contribution is 6.18. The Morgan fingerprint density at radius 1 is 1.55 bits per heavy atom. The van der Waals surface area contributed by atoms with Crippen molar-refractivity contribution in [3.8, 4) is 0 Å². The summed E-state index contributed by atoms with van der Waals surface area (Å²) in [6, 6.07) is 2.92. The molecule has 1 aromatic rings. The molecule has 20 heavy (non-hydrogen) atoms. The zero-order valence-corrected chi connectivity index (χ0v) is 11.5. The maximum Gasteiger partial charge on any atom is 0.282 e. The molecule has 0 saturated carbocycles. The number of benzene rings is 1. The maximum absolute atomic E-state index is 13.3. The van der Waals surface area contributed by atoms with E-state index in [-0.39, 0.29) is 17.2 Å². The summed E-state index contributed by atoms with van der Waals surface area (Å²) in [5.74, 6) is -0.549. The van der Waals surface area contributed by atoms with Gasteiger partial charge < -0.3 is 4.90 Å². The van der Waals surface area contributed by atoms with E-state index in [4.69, 9.17) is 11.6 Å². The van der Waals surface area contributed by atoms with E-state index >= 15 is 0 Å². The van der Waals surface area contributed by atoms with Gasteiger partial charge in [-0.05, 0) is 30.9 Å². The van der Waals surface area contributed by atoms with Gasteiger partial charge in [0.05, 0.1) is 4.92 Å². The lowest BCUT2D eigenvalue weighted by molar-refractivity contribution is -0.385. The van der Waals surface area contributed by atoms with Gasteiger partial charge in [0.1, 0.15) is 11.4 Å². The molecule has 1 aromatic carbocycles. The summed E-state index contributed by atoms with van der Waals surface area (Å²) < 4.78 is 13.3. The van der Waals surface area contributed by atoms with Crippen LogP contribution in [0.5, 0.6) is 0 Å². The number of carbonyl (C=O) groups excluding carboxylic acids is 1. The zero-order valence-electron chi connectivity index (χ0n) is 10.7. The van der Waals surface area contributed by atoms with Gasteiger partial charge >= 0.3 is 0 Å². The number of halogens is 2. The van der Waals surface area contributed by atoms with Crippen molar-refractivity contribution in [1.82, 2.24) is 4.90 Å². The molecule has 1 fully saturated rings. The third kappa shape index (κ3) is 3.07. The minimum Gasteiger partial charge on any atom is -0.338 e. The van der Waals surface area contributed by atoms with E-state index in [2.05, 4.69) is 0 Å². The molecule has 1 heterocycles. The van der Waals surface area contributed by atoms with Crippen LogP contribution in [0.2, 0.25) is 0 Å². The molecule has 0 aliphatic carbocycles. The van der Waals surface area contributed by atoms with Crippen LogP contribution >= 0.6 is 11.6 Å². The van der Waals surface area contributed by atoms with Crippen molar-refractivity contribution < 1.29 is 14.1 Å². The zero-order chi connectivity index (χ0) is 14.7. The Hall–Kier alpha value is -1.69. The van der Waals surface area contributed by atoms with E-state index in [1.807, 2.05) is 0 Å². The van der Waals surface area contributed by atoms with Gasteiger partial charge in [0.2, 0.25) is 0 Å². The monoisotopic (exact) mass is 300 g/mol. The number of hydrogen-bond acceptors (Lipinski definition) is 3. The Morgan fingerprint density at radius 3 is 2.95 bits per heavy atom. The van der Waals surface area contributed by atoms with E-state index in [0.29, 0.717) is 19.0 Å². The molecule has 1 unspecified atom stereocenters. The second-order valence-corrected chi connectivity index (χ2v) is 5.14. The summed E-state index contributed by atoms with van der Waals surface area (Å²) in [7, 11) is 0. The third-order valence-corrected chi connectivity index (χ3v) is 3.85. The Morgan fingerprint density at radius 2 is 2.30 bits per heavy atom. The molecule has 1 saturated heterocycles. The number of likely N-dealkylation sites (tertiary alicyclic amines) is 1. The van der Waals surface area contributed by atoms with Crippen LogP contribution < -0.4 is 0 Å². The van der Waals surface area contributed by atoms with Crippen molar-refractivity contribution in [2.45, 2.75) is 12.8 Å². The lowest BCUT2D eigenvalue weighted by atomic mass is 9.99. The van der Waals surface area contributed by atoms with Crippen molar-refractivity contribution in [3.63, 3.8) is 0 Å². The Balaban J connectivity index is 2.28. The first-order chi connectivity index (χ1) is 9.52. The number of nitrogens with zero attached hydrogens (tertiary/aromatic N) is 2. The predicted octanol–water partition coefficient (Wildman–Crippen LogP) is 2.82. The molecule has 1 amide bonds. The summed E-state index contributed by atoms with van der Waals surface area (Å²) in [5.41, 5.74) is -0.574. The van der Waals surface area contributed by atoms with Gasteiger partial charge in [0, 0.05) is 25.0 Å². The molecule has 1 aliphatic heterocycles. The fourth-order valence-electron chi connectivity index (χ4n) is 2.38. The first kappa shape index (κ1) is 14.7. The van der Waals surface area contributed by atoms with Gasteiger partial charge in [-0.25, -0.2) is 4.39 Å². The molecular formula is C13H14ClFN2O3. The van der Waals surface area contributed by atoms with Crippen LogP contribution in [-0.2, 0) is 0 Å². The van der Waals surface area contributed by atoms with E-state index < -0.39 is 16.6 Å². The Bertz CT molecular complexity index is 538. The van der Waals surface area contributed by atoms with Gasteiger partial charge in [-0.1, -0.05) is 0 Å². The topological polar surface area (TPSA) is 63.4 Å².